The topological polar surface area (TPSA) is 41.3 Å². The van der Waals surface area contributed by atoms with E-state index in [4.69, 9.17) is 5.73 Å². The van der Waals surface area contributed by atoms with E-state index in [0.717, 1.165) is 68.3 Å². The van der Waals surface area contributed by atoms with Gasteiger partial charge >= 0.3 is 0 Å². The monoisotopic (exact) mass is 900 g/mol. The van der Waals surface area contributed by atoms with Crippen LogP contribution < -0.4 is 21.4 Å². The first kappa shape index (κ1) is 45.7. The molecule has 3 N–H and O–H groups in total. The fraction of sp³-hybridized carbons (Fsp3) is 0.231. The van der Waals surface area contributed by atoms with Crippen molar-refractivity contribution in [1.82, 2.24) is 0 Å². The molecule has 0 radical (unpaired) electrons. The first-order chi connectivity index (χ1) is 33.7. The molecule has 1 aliphatic heterocycles. The van der Waals surface area contributed by atoms with Crippen LogP contribution in [0.3, 0.4) is 0 Å². The van der Waals surface area contributed by atoms with Crippen molar-refractivity contribution in [2.45, 2.75) is 98.8 Å². The van der Waals surface area contributed by atoms with Gasteiger partial charge in [0.2, 0.25) is 0 Å². The Morgan fingerprint density at radius 3 is 2.28 bits per heavy atom. The van der Waals surface area contributed by atoms with E-state index < -0.39 is 0 Å². The molecule has 0 bridgehead atoms. The molecule has 1 fully saturated rings. The Kier molecular flexibility index (Phi) is 13.2. The minimum absolute atomic E-state index is 0.655. The number of nitrogens with two attached hydrogens (primary N) is 1. The van der Waals surface area contributed by atoms with E-state index in [2.05, 4.69) is 216 Å². The molecule has 0 unspecified atom stereocenters. The van der Waals surface area contributed by atoms with Gasteiger partial charge in [-0.25, -0.2) is 0 Å². The Morgan fingerprint density at radius 1 is 0.739 bits per heavy atom. The first-order valence-corrected chi connectivity index (χ1v) is 25.4. The van der Waals surface area contributed by atoms with Crippen LogP contribution in [0.5, 0.6) is 0 Å². The van der Waals surface area contributed by atoms with Gasteiger partial charge in [0.25, 0.3) is 0 Å². The van der Waals surface area contributed by atoms with E-state index in [-0.39, 0.29) is 0 Å². The van der Waals surface area contributed by atoms with Gasteiger partial charge in [-0.1, -0.05) is 151 Å². The fourth-order valence-corrected chi connectivity index (χ4v) is 10.9. The van der Waals surface area contributed by atoms with Crippen LogP contribution >= 0.6 is 0 Å². The summed E-state index contributed by atoms with van der Waals surface area (Å²) < 4.78 is 0. The second kappa shape index (κ2) is 19.9. The predicted octanol–water partition coefficient (Wildman–Crippen LogP) is 16.7. The number of nitrogen functional groups attached to an aromatic ring is 1. The Morgan fingerprint density at radius 2 is 1.54 bits per heavy atom. The second-order valence-corrected chi connectivity index (χ2v) is 20.0. The average molecular weight is 900 g/mol. The van der Waals surface area contributed by atoms with Gasteiger partial charge in [0.1, 0.15) is 0 Å². The van der Waals surface area contributed by atoms with Gasteiger partial charge in [-0.05, 0) is 195 Å². The number of benzene rings is 6. The number of aryl methyl sites for hydroxylation is 1. The molecule has 1 heterocycles. The average Bonchev–Trinajstić information content (AvgIpc) is 4.23. The third-order valence-corrected chi connectivity index (χ3v) is 14.8. The number of rotatable bonds is 12. The molecule has 10 rings (SSSR count). The van der Waals surface area contributed by atoms with Crippen molar-refractivity contribution in [3.63, 3.8) is 0 Å². The van der Waals surface area contributed by atoms with E-state index in [1.54, 1.807) is 0 Å². The Bertz CT molecular complexity index is 3180. The van der Waals surface area contributed by atoms with Crippen LogP contribution in [0.4, 0.5) is 22.7 Å². The van der Waals surface area contributed by atoms with Crippen molar-refractivity contribution in [1.29, 1.82) is 0 Å². The molecule has 1 saturated carbocycles. The number of nitrogens with zero attached hydrogens (tertiary/aromatic N) is 1. The molecule has 4 aliphatic rings. The van der Waals surface area contributed by atoms with Gasteiger partial charge in [0.15, 0.2) is 7.28 Å². The molecule has 0 saturated heterocycles. The Labute approximate surface area is 412 Å². The lowest BCUT2D eigenvalue weighted by Crippen LogP contribution is -2.38. The van der Waals surface area contributed by atoms with Crippen LogP contribution in [0, 0.1) is 6.92 Å². The van der Waals surface area contributed by atoms with Crippen LogP contribution in [0.2, 0.25) is 0 Å². The number of hydrogen-bond donors (Lipinski definition) is 2. The maximum atomic E-state index is 6.77. The lowest BCUT2D eigenvalue weighted by Gasteiger charge is -2.40. The van der Waals surface area contributed by atoms with Crippen molar-refractivity contribution >= 4 is 46.6 Å². The second-order valence-electron chi connectivity index (χ2n) is 20.0. The molecule has 6 aromatic carbocycles. The minimum Gasteiger partial charge on any atom is -0.399 e. The number of allylic oxidation sites excluding steroid dienone is 13. The zero-order valence-corrected chi connectivity index (χ0v) is 41.6. The first-order valence-electron chi connectivity index (χ1n) is 25.4. The van der Waals surface area contributed by atoms with Crippen molar-refractivity contribution in [2.24, 2.45) is 0 Å². The summed E-state index contributed by atoms with van der Waals surface area (Å²) in [7, 11) is 0.795. The van der Waals surface area contributed by atoms with Crippen LogP contribution in [-0.4, -0.2) is 7.28 Å². The summed E-state index contributed by atoms with van der Waals surface area (Å²) in [6.07, 6.45) is 24.9. The van der Waals surface area contributed by atoms with E-state index in [1.165, 1.54) is 119 Å². The minimum atomic E-state index is 0.655. The van der Waals surface area contributed by atoms with Crippen molar-refractivity contribution in [3.8, 4) is 33.4 Å². The van der Waals surface area contributed by atoms with E-state index >= 15 is 0 Å². The van der Waals surface area contributed by atoms with Gasteiger partial charge in [-0.15, -0.1) is 0 Å². The van der Waals surface area contributed by atoms with Crippen LogP contribution in [0.25, 0.3) is 44.5 Å². The van der Waals surface area contributed by atoms with Gasteiger partial charge < -0.3 is 16.0 Å². The van der Waals surface area contributed by atoms with E-state index in [1.807, 2.05) is 0 Å². The summed E-state index contributed by atoms with van der Waals surface area (Å²) in [5, 5.41) is 4.10. The molecule has 6 aromatic rings. The lowest BCUT2D eigenvalue weighted by molar-refractivity contribution is 0.910. The molecule has 69 heavy (non-hydrogen) atoms. The molecular weight excluding hydrogens is 834 g/mol. The molecule has 4 heteroatoms. The number of fused-ring (bicyclic) bond motifs is 1. The Hall–Kier alpha value is -7.04. The summed E-state index contributed by atoms with van der Waals surface area (Å²) in [4.78, 5) is 2.60. The van der Waals surface area contributed by atoms with Crippen molar-refractivity contribution in [3.05, 3.63) is 220 Å². The van der Waals surface area contributed by atoms with Crippen LogP contribution in [0.15, 0.2) is 192 Å². The quantitative estimate of drug-likeness (QED) is 0.0950. The van der Waals surface area contributed by atoms with E-state index in [9.17, 15) is 0 Å². The maximum absolute atomic E-state index is 6.77. The summed E-state index contributed by atoms with van der Waals surface area (Å²) in [6.45, 7) is 13.8. The van der Waals surface area contributed by atoms with Crippen molar-refractivity contribution in [2.75, 3.05) is 16.0 Å². The van der Waals surface area contributed by atoms with Crippen LogP contribution in [-0.2, 0) is 6.42 Å². The van der Waals surface area contributed by atoms with Gasteiger partial charge in [-0.3, -0.25) is 0 Å². The number of anilines is 4. The van der Waals surface area contributed by atoms with Gasteiger partial charge in [0, 0.05) is 39.6 Å². The van der Waals surface area contributed by atoms with Crippen LogP contribution in [0.1, 0.15) is 113 Å². The molecule has 0 aromatic heterocycles. The summed E-state index contributed by atoms with van der Waals surface area (Å²) in [6, 6.07) is 45.2. The molecule has 344 valence electrons. The third-order valence-electron chi connectivity index (χ3n) is 14.8. The zero-order valence-electron chi connectivity index (χ0n) is 41.6. The highest BCUT2D eigenvalue weighted by Gasteiger charge is 2.35. The standard InChI is InChI=1S/C65H66BN3/c1-7-18-55-58(53-25-15-14-19-44(53)5)41-62-65(63(55)56-36-32-49(46-20-10-8-11-21-46)39-59(56)68-51-34-27-43(4)28-35-51)66-64(42(2)3)61(37-29-45(6)52-24-16-17-26-54(52)48-30-31-48)69(62)60-38-33-50(67)40-57(60)47-22-12-9-13-23-47/h8-10,12-17,19-20,22-27,29,32-34,36-41,48,66,68H,7,11,18,21,28,30-31,35,67H2,1-6H3/b45-29+,61-37+. The highest BCUT2D eigenvalue weighted by atomic mass is 15.2. The highest BCUT2D eigenvalue weighted by molar-refractivity contribution is 6.67. The molecule has 3 aliphatic carbocycles. The fourth-order valence-electron chi connectivity index (χ4n) is 10.9. The smallest absolute Gasteiger partial charge is 0.198 e. The van der Waals surface area contributed by atoms with E-state index in [0.29, 0.717) is 5.92 Å². The summed E-state index contributed by atoms with van der Waals surface area (Å²) in [5.74, 6) is 0.655. The molecular formula is C65H66BN3. The molecule has 0 spiro atoms. The molecule has 0 atom stereocenters. The SMILES string of the molecule is CCCc1c(-c2ccccc2C)cc2c(c1-c1ccc(C3=CC=CCC3)cc1NC1=CC=C(C)CC1)BC(=C(C)C)/C(=C\C=C(/C)c1ccccc1C1CC1)N2c1ccc(N)cc1-c1ccccc1. The largest absolute Gasteiger partial charge is 0.399 e. The van der Waals surface area contributed by atoms with Gasteiger partial charge in [-0.2, -0.15) is 0 Å². The number of nitrogens with one attached hydrogen (secondary N) is 1. The molecule has 0 amide bonds. The number of hydrogen-bond acceptors (Lipinski definition) is 3. The Balaban J connectivity index is 1.31. The summed E-state index contributed by atoms with van der Waals surface area (Å²) in [5.41, 5.74) is 35.7. The van der Waals surface area contributed by atoms with Gasteiger partial charge in [0.05, 0.1) is 5.69 Å². The lowest BCUT2D eigenvalue weighted by atomic mass is 9.54. The summed E-state index contributed by atoms with van der Waals surface area (Å²) >= 11 is 0. The zero-order chi connectivity index (χ0) is 47.6. The maximum Gasteiger partial charge on any atom is 0.198 e. The third kappa shape index (κ3) is 9.43. The van der Waals surface area contributed by atoms with Crippen molar-refractivity contribution < 1.29 is 0 Å². The molecule has 3 nitrogen and oxygen atoms in total. The predicted molar refractivity (Wildman–Crippen MR) is 301 cm³/mol. The highest BCUT2D eigenvalue weighted by Crippen LogP contribution is 2.49. The normalized spacial score (nSPS) is 16.4.